The molecular weight excluding hydrogens is 318 g/mol. The largest absolute Gasteiger partial charge is 0.309 e. The summed E-state index contributed by atoms with van der Waals surface area (Å²) in [5.41, 5.74) is 1.24. The molecular formula is C19H25N3OS. The average Bonchev–Trinajstić information content (AvgIpc) is 2.91. The van der Waals surface area contributed by atoms with Gasteiger partial charge in [0.15, 0.2) is 0 Å². The van der Waals surface area contributed by atoms with E-state index in [2.05, 4.69) is 36.9 Å². The third kappa shape index (κ3) is 3.10. The molecule has 0 aliphatic heterocycles. The smallest absolute Gasteiger partial charge is 0.259 e. The summed E-state index contributed by atoms with van der Waals surface area (Å²) in [6.07, 6.45) is 6.95. The standard InChI is InChI=1S/C19H25N3OS/c1-5-9-22(10-6-2)13(4)17-20-18(23)16-14-8-7-12(3)11-15(14)24-19(16)21-17/h5-6,12-13H,1-2,7-11H2,3-4H3,(H,20,21,23). The van der Waals surface area contributed by atoms with E-state index in [0.29, 0.717) is 5.92 Å². The first-order valence-electron chi connectivity index (χ1n) is 8.55. The zero-order valence-corrected chi connectivity index (χ0v) is 15.3. The maximum absolute atomic E-state index is 12.7. The van der Waals surface area contributed by atoms with Crippen LogP contribution in [0.1, 0.15) is 42.6 Å². The minimum atomic E-state index is 0.00561. The van der Waals surface area contributed by atoms with Crippen LogP contribution in [0.4, 0.5) is 0 Å². The first kappa shape index (κ1) is 17.1. The van der Waals surface area contributed by atoms with E-state index in [4.69, 9.17) is 4.98 Å². The number of aromatic nitrogens is 2. The number of aromatic amines is 1. The molecule has 0 bridgehead atoms. The molecule has 0 saturated heterocycles. The van der Waals surface area contributed by atoms with Crippen molar-refractivity contribution >= 4 is 21.6 Å². The molecule has 2 unspecified atom stereocenters. The van der Waals surface area contributed by atoms with Gasteiger partial charge in [0, 0.05) is 18.0 Å². The Labute approximate surface area is 146 Å². The van der Waals surface area contributed by atoms with E-state index in [1.54, 1.807) is 11.3 Å². The van der Waals surface area contributed by atoms with Crippen molar-refractivity contribution in [1.82, 2.24) is 14.9 Å². The van der Waals surface area contributed by atoms with Crippen molar-refractivity contribution in [2.75, 3.05) is 13.1 Å². The van der Waals surface area contributed by atoms with Gasteiger partial charge in [-0.05, 0) is 37.7 Å². The lowest BCUT2D eigenvalue weighted by Gasteiger charge is -2.25. The predicted octanol–water partition coefficient (Wildman–Crippen LogP) is 3.84. The summed E-state index contributed by atoms with van der Waals surface area (Å²) < 4.78 is 0. The minimum Gasteiger partial charge on any atom is -0.309 e. The van der Waals surface area contributed by atoms with Crippen LogP contribution in [0.2, 0.25) is 0 Å². The molecule has 0 radical (unpaired) electrons. The van der Waals surface area contributed by atoms with E-state index >= 15 is 0 Å². The summed E-state index contributed by atoms with van der Waals surface area (Å²) in [6.45, 7) is 13.4. The highest BCUT2D eigenvalue weighted by Gasteiger charge is 2.24. The van der Waals surface area contributed by atoms with Gasteiger partial charge in [0.1, 0.15) is 10.7 Å². The Balaban J connectivity index is 2.03. The third-order valence-electron chi connectivity index (χ3n) is 4.85. The Morgan fingerprint density at radius 1 is 1.42 bits per heavy atom. The molecule has 0 aromatic carbocycles. The monoisotopic (exact) mass is 343 g/mol. The van der Waals surface area contributed by atoms with Gasteiger partial charge >= 0.3 is 0 Å². The molecule has 1 aliphatic carbocycles. The Morgan fingerprint density at radius 3 is 2.79 bits per heavy atom. The average molecular weight is 343 g/mol. The lowest BCUT2D eigenvalue weighted by Crippen LogP contribution is -2.30. The molecule has 0 saturated carbocycles. The zero-order chi connectivity index (χ0) is 17.3. The lowest BCUT2D eigenvalue weighted by molar-refractivity contribution is 0.251. The van der Waals surface area contributed by atoms with Crippen LogP contribution in [0.5, 0.6) is 0 Å². The molecule has 1 aliphatic rings. The second-order valence-electron chi connectivity index (χ2n) is 6.69. The first-order chi connectivity index (χ1) is 11.5. The Kier molecular flexibility index (Phi) is 5.01. The zero-order valence-electron chi connectivity index (χ0n) is 14.5. The molecule has 3 rings (SSSR count). The molecule has 128 valence electrons. The summed E-state index contributed by atoms with van der Waals surface area (Å²) in [4.78, 5) is 25.0. The topological polar surface area (TPSA) is 49.0 Å². The number of rotatable bonds is 6. The van der Waals surface area contributed by atoms with Gasteiger partial charge in [-0.2, -0.15) is 0 Å². The number of aryl methyl sites for hydroxylation is 1. The van der Waals surface area contributed by atoms with Crippen LogP contribution in [0.15, 0.2) is 30.1 Å². The first-order valence-corrected chi connectivity index (χ1v) is 9.37. The molecule has 0 spiro atoms. The summed E-state index contributed by atoms with van der Waals surface area (Å²) in [7, 11) is 0. The van der Waals surface area contributed by atoms with Gasteiger partial charge in [0.2, 0.25) is 0 Å². The van der Waals surface area contributed by atoms with E-state index in [9.17, 15) is 4.79 Å². The van der Waals surface area contributed by atoms with Gasteiger partial charge in [0.25, 0.3) is 5.56 Å². The molecule has 1 N–H and O–H groups in total. The van der Waals surface area contributed by atoms with Crippen molar-refractivity contribution in [3.8, 4) is 0 Å². The number of hydrogen-bond donors (Lipinski definition) is 1. The quantitative estimate of drug-likeness (QED) is 0.811. The van der Waals surface area contributed by atoms with Crippen molar-refractivity contribution in [3.63, 3.8) is 0 Å². The maximum atomic E-state index is 12.7. The molecule has 0 amide bonds. The molecule has 2 aromatic rings. The van der Waals surface area contributed by atoms with Gasteiger partial charge in [-0.1, -0.05) is 19.1 Å². The van der Waals surface area contributed by atoms with E-state index in [1.165, 1.54) is 10.4 Å². The van der Waals surface area contributed by atoms with E-state index in [-0.39, 0.29) is 11.6 Å². The van der Waals surface area contributed by atoms with Gasteiger partial charge in [0.05, 0.1) is 11.4 Å². The Morgan fingerprint density at radius 2 is 2.12 bits per heavy atom. The summed E-state index contributed by atoms with van der Waals surface area (Å²) in [6, 6.07) is 0.0103. The minimum absolute atomic E-state index is 0.00561. The number of H-pyrrole nitrogens is 1. The van der Waals surface area contributed by atoms with Crippen molar-refractivity contribution in [1.29, 1.82) is 0 Å². The van der Waals surface area contributed by atoms with E-state index in [1.807, 2.05) is 12.2 Å². The molecule has 2 heterocycles. The number of hydrogen-bond acceptors (Lipinski definition) is 4. The maximum Gasteiger partial charge on any atom is 0.259 e. The second kappa shape index (κ2) is 7.03. The molecule has 4 nitrogen and oxygen atoms in total. The normalized spacial score (nSPS) is 18.5. The van der Waals surface area contributed by atoms with Crippen LogP contribution >= 0.6 is 11.3 Å². The molecule has 24 heavy (non-hydrogen) atoms. The summed E-state index contributed by atoms with van der Waals surface area (Å²) >= 11 is 1.70. The summed E-state index contributed by atoms with van der Waals surface area (Å²) in [5.74, 6) is 1.42. The Hall–Kier alpha value is -1.72. The highest BCUT2D eigenvalue weighted by molar-refractivity contribution is 7.18. The van der Waals surface area contributed by atoms with Gasteiger partial charge in [-0.15, -0.1) is 24.5 Å². The van der Waals surface area contributed by atoms with Gasteiger partial charge < -0.3 is 4.98 Å². The number of fused-ring (bicyclic) bond motifs is 3. The van der Waals surface area contributed by atoms with Gasteiger partial charge in [-0.25, -0.2) is 4.98 Å². The fraction of sp³-hybridized carbons (Fsp3) is 0.474. The fourth-order valence-electron chi connectivity index (χ4n) is 3.46. The van der Waals surface area contributed by atoms with Crippen molar-refractivity contribution in [2.45, 2.75) is 39.2 Å². The highest BCUT2D eigenvalue weighted by Crippen LogP contribution is 2.36. The van der Waals surface area contributed by atoms with Crippen LogP contribution in [-0.4, -0.2) is 28.0 Å². The molecule has 5 heteroatoms. The molecule has 2 aromatic heterocycles. The molecule has 0 fully saturated rings. The van der Waals surface area contributed by atoms with Crippen molar-refractivity contribution in [2.24, 2.45) is 5.92 Å². The second-order valence-corrected chi connectivity index (χ2v) is 7.77. The van der Waals surface area contributed by atoms with Crippen LogP contribution < -0.4 is 5.56 Å². The van der Waals surface area contributed by atoms with Crippen LogP contribution in [0, 0.1) is 5.92 Å². The van der Waals surface area contributed by atoms with E-state index in [0.717, 1.165) is 48.4 Å². The summed E-state index contributed by atoms with van der Waals surface area (Å²) in [5, 5.41) is 0.817. The van der Waals surface area contributed by atoms with Crippen LogP contribution in [0.25, 0.3) is 10.2 Å². The highest BCUT2D eigenvalue weighted by atomic mass is 32.1. The SMILES string of the molecule is C=CCN(CC=C)C(C)c1nc2sc3c(c2c(=O)[nH]1)CCC(C)C3. The fourth-order valence-corrected chi connectivity index (χ4v) is 4.85. The number of nitrogens with zero attached hydrogens (tertiary/aromatic N) is 2. The van der Waals surface area contributed by atoms with Gasteiger partial charge in [-0.3, -0.25) is 9.69 Å². The molecule has 2 atom stereocenters. The Bertz CT molecular complexity index is 810. The lowest BCUT2D eigenvalue weighted by atomic mass is 9.89. The van der Waals surface area contributed by atoms with Crippen molar-refractivity contribution < 1.29 is 0 Å². The van der Waals surface area contributed by atoms with E-state index < -0.39 is 0 Å². The number of nitrogens with one attached hydrogen (secondary N) is 1. The van der Waals surface area contributed by atoms with Crippen LogP contribution in [0.3, 0.4) is 0 Å². The number of thiophene rings is 1. The predicted molar refractivity (Wildman–Crippen MR) is 102 cm³/mol. The van der Waals surface area contributed by atoms with Crippen LogP contribution in [-0.2, 0) is 12.8 Å². The van der Waals surface area contributed by atoms with Crippen molar-refractivity contribution in [3.05, 3.63) is 51.9 Å². The third-order valence-corrected chi connectivity index (χ3v) is 6.00.